The lowest BCUT2D eigenvalue weighted by Gasteiger charge is -2.03. The van der Waals surface area contributed by atoms with Crippen molar-refractivity contribution in [3.8, 4) is 0 Å². The number of nitrogens with zero attached hydrogens (tertiary/aromatic N) is 4. The lowest BCUT2D eigenvalue weighted by atomic mass is 10.3. The van der Waals surface area contributed by atoms with Gasteiger partial charge >= 0.3 is 0 Å². The molecule has 0 saturated carbocycles. The van der Waals surface area contributed by atoms with Crippen LogP contribution in [-0.4, -0.2) is 31.5 Å². The minimum Gasteiger partial charge on any atom is -0.343 e. The Kier molecular flexibility index (Phi) is 3.50. The average molecular weight is 273 g/mol. The van der Waals surface area contributed by atoms with Crippen molar-refractivity contribution in [2.24, 2.45) is 0 Å². The number of nitrogens with one attached hydrogen (secondary N) is 2. The Balaban J connectivity index is 2.07. The highest BCUT2D eigenvalue weighted by molar-refractivity contribution is 6.34. The van der Waals surface area contributed by atoms with Crippen LogP contribution < -0.4 is 5.32 Å². The van der Waals surface area contributed by atoms with Crippen molar-refractivity contribution in [2.45, 2.75) is 6.54 Å². The standard InChI is InChI=1S/C8H6Cl2N6O/c9-4-1-2-5(10)12-7(4)8(17)11-3-6-13-15-16-14-6/h1-2H,3H2,(H,11,17)(H,13,14,15,16). The molecule has 0 radical (unpaired) electrons. The Hall–Kier alpha value is -1.73. The van der Waals surface area contributed by atoms with E-state index in [1.165, 1.54) is 12.1 Å². The predicted molar refractivity (Wildman–Crippen MR) is 59.6 cm³/mol. The molecule has 0 aliphatic rings. The number of carbonyl (C=O) groups excluding carboxylic acids is 1. The van der Waals surface area contributed by atoms with E-state index in [0.717, 1.165) is 0 Å². The van der Waals surface area contributed by atoms with E-state index in [4.69, 9.17) is 23.2 Å². The molecule has 9 heteroatoms. The van der Waals surface area contributed by atoms with Crippen molar-refractivity contribution in [3.63, 3.8) is 0 Å². The van der Waals surface area contributed by atoms with E-state index in [9.17, 15) is 4.79 Å². The van der Waals surface area contributed by atoms with Gasteiger partial charge in [0.1, 0.15) is 10.8 Å². The number of pyridine rings is 1. The van der Waals surface area contributed by atoms with Crippen LogP contribution in [0.15, 0.2) is 12.1 Å². The smallest absolute Gasteiger partial charge is 0.271 e. The van der Waals surface area contributed by atoms with Gasteiger partial charge in [-0.3, -0.25) is 4.79 Å². The number of hydrogen-bond donors (Lipinski definition) is 2. The number of amides is 1. The fraction of sp³-hybridized carbons (Fsp3) is 0.125. The normalized spacial score (nSPS) is 10.2. The summed E-state index contributed by atoms with van der Waals surface area (Å²) in [6.07, 6.45) is 0. The maximum atomic E-state index is 11.7. The molecule has 7 nitrogen and oxygen atoms in total. The van der Waals surface area contributed by atoms with Crippen LogP contribution in [0.25, 0.3) is 0 Å². The molecule has 2 N–H and O–H groups in total. The molecule has 0 atom stereocenters. The van der Waals surface area contributed by atoms with Gasteiger partial charge < -0.3 is 5.32 Å². The number of aromatic amines is 1. The third-order valence-corrected chi connectivity index (χ3v) is 2.34. The first-order valence-electron chi connectivity index (χ1n) is 4.49. The van der Waals surface area contributed by atoms with Crippen molar-refractivity contribution in [2.75, 3.05) is 0 Å². The summed E-state index contributed by atoms with van der Waals surface area (Å²) in [5.41, 5.74) is 0.0580. The lowest BCUT2D eigenvalue weighted by Crippen LogP contribution is -2.24. The molecule has 0 fully saturated rings. The molecule has 0 saturated heterocycles. The van der Waals surface area contributed by atoms with Crippen LogP contribution in [0.5, 0.6) is 0 Å². The minimum atomic E-state index is -0.456. The SMILES string of the molecule is O=C(NCc1nn[nH]n1)c1nc(Cl)ccc1Cl. The molecule has 2 aromatic heterocycles. The number of H-pyrrole nitrogens is 1. The van der Waals surface area contributed by atoms with Crippen LogP contribution in [0.2, 0.25) is 10.2 Å². The molecule has 2 aromatic rings. The molecule has 0 unspecified atom stereocenters. The third-order valence-electron chi connectivity index (χ3n) is 1.82. The molecule has 2 rings (SSSR count). The van der Waals surface area contributed by atoms with E-state index in [1.807, 2.05) is 0 Å². The van der Waals surface area contributed by atoms with Crippen LogP contribution in [0, 0.1) is 0 Å². The number of tetrazole rings is 1. The fourth-order valence-electron chi connectivity index (χ4n) is 1.08. The number of halogens is 2. The van der Waals surface area contributed by atoms with E-state index >= 15 is 0 Å². The summed E-state index contributed by atoms with van der Waals surface area (Å²) in [4.78, 5) is 15.5. The van der Waals surface area contributed by atoms with E-state index < -0.39 is 5.91 Å². The van der Waals surface area contributed by atoms with Gasteiger partial charge in [-0.25, -0.2) is 4.98 Å². The van der Waals surface area contributed by atoms with Crippen molar-refractivity contribution < 1.29 is 4.79 Å². The summed E-state index contributed by atoms with van der Waals surface area (Å²) < 4.78 is 0. The summed E-state index contributed by atoms with van der Waals surface area (Å²) >= 11 is 11.5. The highest BCUT2D eigenvalue weighted by Crippen LogP contribution is 2.16. The minimum absolute atomic E-state index is 0.0580. The third kappa shape index (κ3) is 2.89. The first-order valence-corrected chi connectivity index (χ1v) is 5.25. The predicted octanol–water partition coefficient (Wildman–Crippen LogP) is 0.831. The van der Waals surface area contributed by atoms with Crippen LogP contribution in [0.3, 0.4) is 0 Å². The van der Waals surface area contributed by atoms with Crippen molar-refractivity contribution >= 4 is 29.1 Å². The fourth-order valence-corrected chi connectivity index (χ4v) is 1.42. The maximum absolute atomic E-state index is 11.7. The second kappa shape index (κ2) is 5.07. The Bertz CT molecular complexity index is 529. The number of aromatic nitrogens is 5. The number of rotatable bonds is 3. The zero-order chi connectivity index (χ0) is 12.3. The van der Waals surface area contributed by atoms with Gasteiger partial charge in [0.05, 0.1) is 11.6 Å². The van der Waals surface area contributed by atoms with Gasteiger partial charge in [-0.15, -0.1) is 10.2 Å². The highest BCUT2D eigenvalue weighted by Gasteiger charge is 2.13. The second-order valence-corrected chi connectivity index (χ2v) is 3.77. The van der Waals surface area contributed by atoms with E-state index in [1.54, 1.807) is 0 Å². The van der Waals surface area contributed by atoms with Gasteiger partial charge in [0.2, 0.25) is 0 Å². The first-order chi connectivity index (χ1) is 8.16. The summed E-state index contributed by atoms with van der Waals surface area (Å²) in [5.74, 6) is -0.0983. The zero-order valence-electron chi connectivity index (χ0n) is 8.31. The van der Waals surface area contributed by atoms with Gasteiger partial charge in [-0.05, 0) is 12.1 Å². The Labute approximate surface area is 106 Å². The molecule has 17 heavy (non-hydrogen) atoms. The van der Waals surface area contributed by atoms with Crippen molar-refractivity contribution in [1.29, 1.82) is 0 Å². The molecule has 88 valence electrons. The summed E-state index contributed by atoms with van der Waals surface area (Å²) in [6.45, 7) is 0.125. The topological polar surface area (TPSA) is 96.5 Å². The highest BCUT2D eigenvalue weighted by atomic mass is 35.5. The number of carbonyl (C=O) groups is 1. The van der Waals surface area contributed by atoms with Crippen LogP contribution in [-0.2, 0) is 6.54 Å². The number of hydrogen-bond acceptors (Lipinski definition) is 5. The van der Waals surface area contributed by atoms with Gasteiger partial charge in [0, 0.05) is 0 Å². The maximum Gasteiger partial charge on any atom is 0.271 e. The zero-order valence-corrected chi connectivity index (χ0v) is 9.83. The summed E-state index contributed by atoms with van der Waals surface area (Å²) in [7, 11) is 0. The second-order valence-electron chi connectivity index (χ2n) is 2.98. The molecule has 1 amide bonds. The summed E-state index contributed by atoms with van der Waals surface area (Å²) in [5, 5.41) is 15.9. The van der Waals surface area contributed by atoms with Crippen LogP contribution in [0.1, 0.15) is 16.3 Å². The average Bonchev–Trinajstić information content (AvgIpc) is 2.82. The Morgan fingerprint density at radius 1 is 1.41 bits per heavy atom. The van der Waals surface area contributed by atoms with Crippen LogP contribution >= 0.6 is 23.2 Å². The molecule has 0 aliphatic carbocycles. The van der Waals surface area contributed by atoms with E-state index in [0.29, 0.717) is 5.82 Å². The molecular formula is C8H6Cl2N6O. The molecule has 2 heterocycles. The molecule has 0 aliphatic heterocycles. The van der Waals surface area contributed by atoms with Crippen molar-refractivity contribution in [1.82, 2.24) is 30.9 Å². The molecule has 0 spiro atoms. The molecule has 0 aromatic carbocycles. The molecule has 0 bridgehead atoms. The summed E-state index contributed by atoms with van der Waals surface area (Å²) in [6, 6.07) is 3.00. The van der Waals surface area contributed by atoms with E-state index in [2.05, 4.69) is 30.9 Å². The Morgan fingerprint density at radius 2 is 2.24 bits per heavy atom. The van der Waals surface area contributed by atoms with Gasteiger partial charge in [0.25, 0.3) is 5.91 Å². The molecular weight excluding hydrogens is 267 g/mol. The quantitative estimate of drug-likeness (QED) is 0.807. The van der Waals surface area contributed by atoms with E-state index in [-0.39, 0.29) is 22.4 Å². The van der Waals surface area contributed by atoms with Gasteiger partial charge in [0.15, 0.2) is 5.82 Å². The lowest BCUT2D eigenvalue weighted by molar-refractivity contribution is 0.0945. The van der Waals surface area contributed by atoms with Crippen LogP contribution in [0.4, 0.5) is 0 Å². The largest absolute Gasteiger partial charge is 0.343 e. The Morgan fingerprint density at radius 3 is 2.94 bits per heavy atom. The van der Waals surface area contributed by atoms with Crippen molar-refractivity contribution in [3.05, 3.63) is 33.8 Å². The van der Waals surface area contributed by atoms with Gasteiger partial charge in [-0.1, -0.05) is 28.4 Å². The first kappa shape index (κ1) is 11.7. The van der Waals surface area contributed by atoms with Gasteiger partial charge in [-0.2, -0.15) is 5.21 Å². The monoisotopic (exact) mass is 272 g/mol.